The number of carbonyl (C=O) groups excluding carboxylic acids is 3. The van der Waals surface area contributed by atoms with Gasteiger partial charge in [-0.1, -0.05) is 20.8 Å². The average molecular weight is 344 g/mol. The molecular formula is C16H28N2O6. The highest BCUT2D eigenvalue weighted by Crippen LogP contribution is 2.12. The molecule has 8 nitrogen and oxygen atoms in total. The van der Waals surface area contributed by atoms with Crippen LogP contribution in [0, 0.1) is 11.8 Å². The van der Waals surface area contributed by atoms with Crippen molar-refractivity contribution in [2.45, 2.75) is 59.5 Å². The molecule has 0 aliphatic rings. The van der Waals surface area contributed by atoms with Crippen molar-refractivity contribution in [3.05, 3.63) is 0 Å². The number of nitrogens with one attached hydrogen (secondary N) is 2. The van der Waals surface area contributed by atoms with Crippen molar-refractivity contribution in [2.75, 3.05) is 6.61 Å². The zero-order valence-corrected chi connectivity index (χ0v) is 14.9. The zero-order valence-electron chi connectivity index (χ0n) is 14.9. The maximum Gasteiger partial charge on any atom is 0.326 e. The second-order valence-corrected chi connectivity index (χ2v) is 6.19. The molecular weight excluding hydrogens is 316 g/mol. The average Bonchev–Trinajstić information content (AvgIpc) is 2.42. The fourth-order valence-electron chi connectivity index (χ4n) is 2.25. The molecule has 3 N–H and O–H groups in total. The summed E-state index contributed by atoms with van der Waals surface area (Å²) in [7, 11) is 0. The van der Waals surface area contributed by atoms with Gasteiger partial charge in [-0.15, -0.1) is 0 Å². The number of amides is 2. The van der Waals surface area contributed by atoms with Gasteiger partial charge in [0.2, 0.25) is 11.8 Å². The second-order valence-electron chi connectivity index (χ2n) is 6.19. The molecule has 0 aromatic heterocycles. The summed E-state index contributed by atoms with van der Waals surface area (Å²) in [5.74, 6) is -3.24. The van der Waals surface area contributed by atoms with E-state index in [1.165, 1.54) is 6.92 Å². The molecule has 0 heterocycles. The first-order valence-electron chi connectivity index (χ1n) is 8.04. The molecule has 0 radical (unpaired) electrons. The molecule has 0 fully saturated rings. The number of carbonyl (C=O) groups is 4. The lowest BCUT2D eigenvalue weighted by atomic mass is 9.97. The molecule has 0 aliphatic carbocycles. The maximum absolute atomic E-state index is 12.3. The van der Waals surface area contributed by atoms with Crippen molar-refractivity contribution in [3.63, 3.8) is 0 Å². The highest BCUT2D eigenvalue weighted by molar-refractivity contribution is 5.90. The van der Waals surface area contributed by atoms with Gasteiger partial charge in [-0.3, -0.25) is 14.4 Å². The lowest BCUT2D eigenvalue weighted by molar-refractivity contribution is -0.147. The van der Waals surface area contributed by atoms with Gasteiger partial charge in [0.25, 0.3) is 0 Å². The fraction of sp³-hybridized carbons (Fsp3) is 0.750. The van der Waals surface area contributed by atoms with E-state index >= 15 is 0 Å². The van der Waals surface area contributed by atoms with Crippen LogP contribution >= 0.6 is 0 Å². The van der Waals surface area contributed by atoms with E-state index in [1.54, 1.807) is 13.8 Å². The van der Waals surface area contributed by atoms with Gasteiger partial charge in [0, 0.05) is 6.92 Å². The Bertz CT molecular complexity index is 463. The third kappa shape index (κ3) is 8.50. The molecule has 0 unspecified atom stereocenters. The first kappa shape index (κ1) is 21.9. The van der Waals surface area contributed by atoms with E-state index < -0.39 is 35.8 Å². The van der Waals surface area contributed by atoms with Crippen LogP contribution in [0.1, 0.15) is 47.5 Å². The van der Waals surface area contributed by atoms with E-state index in [2.05, 4.69) is 10.6 Å². The van der Waals surface area contributed by atoms with Crippen molar-refractivity contribution in [1.29, 1.82) is 0 Å². The van der Waals surface area contributed by atoms with E-state index in [1.807, 2.05) is 13.8 Å². The monoisotopic (exact) mass is 344 g/mol. The highest BCUT2D eigenvalue weighted by atomic mass is 16.5. The lowest BCUT2D eigenvalue weighted by Crippen LogP contribution is -2.53. The van der Waals surface area contributed by atoms with Crippen molar-refractivity contribution >= 4 is 23.8 Å². The van der Waals surface area contributed by atoms with Crippen LogP contribution in [0.15, 0.2) is 0 Å². The number of aliphatic carboxylic acids is 1. The largest absolute Gasteiger partial charge is 0.480 e. The van der Waals surface area contributed by atoms with Crippen molar-refractivity contribution in [3.8, 4) is 0 Å². The van der Waals surface area contributed by atoms with Crippen molar-refractivity contribution in [1.82, 2.24) is 10.6 Å². The van der Waals surface area contributed by atoms with Gasteiger partial charge in [0.05, 0.1) is 13.0 Å². The quantitative estimate of drug-likeness (QED) is 0.501. The Morgan fingerprint density at radius 1 is 1.08 bits per heavy atom. The normalized spacial score (nSPS) is 14.4. The minimum Gasteiger partial charge on any atom is -0.480 e. The summed E-state index contributed by atoms with van der Waals surface area (Å²) in [5, 5.41) is 14.3. The second kappa shape index (κ2) is 10.6. The molecule has 0 aliphatic heterocycles. The molecule has 138 valence electrons. The Labute approximate surface area is 142 Å². The zero-order chi connectivity index (χ0) is 18.9. The van der Waals surface area contributed by atoms with E-state index in [0.29, 0.717) is 6.42 Å². The summed E-state index contributed by atoms with van der Waals surface area (Å²) in [5.41, 5.74) is 0. The van der Waals surface area contributed by atoms with Gasteiger partial charge in [-0.25, -0.2) is 4.79 Å². The van der Waals surface area contributed by atoms with Gasteiger partial charge in [-0.2, -0.15) is 0 Å². The number of carboxylic acid groups (broad SMARTS) is 1. The Hall–Kier alpha value is -2.12. The van der Waals surface area contributed by atoms with Crippen LogP contribution in [0.2, 0.25) is 0 Å². The molecule has 0 spiro atoms. The summed E-state index contributed by atoms with van der Waals surface area (Å²) >= 11 is 0. The predicted octanol–water partition coefficient (Wildman–Crippen LogP) is 0.696. The SMILES string of the molecule is CCOC(=O)C[C@@H](C)[C@H](NC(=O)[C@H](CC(C)C)NC(C)=O)C(=O)O. The van der Waals surface area contributed by atoms with E-state index in [-0.39, 0.29) is 24.9 Å². The Morgan fingerprint density at radius 2 is 1.67 bits per heavy atom. The van der Waals surface area contributed by atoms with E-state index in [4.69, 9.17) is 4.74 Å². The van der Waals surface area contributed by atoms with Crippen LogP contribution in [0.4, 0.5) is 0 Å². The van der Waals surface area contributed by atoms with Crippen LogP contribution in [-0.2, 0) is 23.9 Å². The first-order valence-corrected chi connectivity index (χ1v) is 8.04. The minimum atomic E-state index is -1.25. The minimum absolute atomic E-state index is 0.125. The lowest BCUT2D eigenvalue weighted by Gasteiger charge is -2.25. The number of carboxylic acids is 1. The third-order valence-electron chi connectivity index (χ3n) is 3.33. The number of hydrogen-bond donors (Lipinski definition) is 3. The standard InChI is InChI=1S/C16H28N2O6/c1-6-24-13(20)8-10(4)14(16(22)23)18-15(21)12(7-9(2)3)17-11(5)19/h9-10,12,14H,6-8H2,1-5H3,(H,17,19)(H,18,21)(H,22,23)/t10-,12+,14+/m1/s1. The van der Waals surface area contributed by atoms with Gasteiger partial charge in [-0.05, 0) is 25.2 Å². The van der Waals surface area contributed by atoms with Crippen molar-refractivity contribution in [2.24, 2.45) is 11.8 Å². The number of ether oxygens (including phenoxy) is 1. The third-order valence-corrected chi connectivity index (χ3v) is 3.33. The molecule has 24 heavy (non-hydrogen) atoms. The summed E-state index contributed by atoms with van der Waals surface area (Å²) < 4.78 is 4.80. The molecule has 0 saturated carbocycles. The molecule has 3 atom stereocenters. The fourth-order valence-corrected chi connectivity index (χ4v) is 2.25. The molecule has 0 aromatic rings. The molecule has 0 bridgehead atoms. The van der Waals surface area contributed by atoms with Gasteiger partial charge < -0.3 is 20.5 Å². The summed E-state index contributed by atoms with van der Waals surface area (Å²) in [6.45, 7) is 8.47. The molecule has 0 aromatic carbocycles. The van der Waals surface area contributed by atoms with Crippen LogP contribution in [0.5, 0.6) is 0 Å². The summed E-state index contributed by atoms with van der Waals surface area (Å²) in [6, 6.07) is -2.07. The van der Waals surface area contributed by atoms with Crippen LogP contribution in [-0.4, -0.2) is 47.6 Å². The van der Waals surface area contributed by atoms with Crippen LogP contribution in [0.25, 0.3) is 0 Å². The summed E-state index contributed by atoms with van der Waals surface area (Å²) in [6.07, 6.45) is 0.254. The smallest absolute Gasteiger partial charge is 0.326 e. The molecule has 0 rings (SSSR count). The van der Waals surface area contributed by atoms with Crippen LogP contribution in [0.3, 0.4) is 0 Å². The molecule has 0 saturated heterocycles. The van der Waals surface area contributed by atoms with E-state index in [0.717, 1.165) is 0 Å². The number of hydrogen-bond acceptors (Lipinski definition) is 5. The Kier molecular flexibility index (Phi) is 9.68. The first-order chi connectivity index (χ1) is 11.1. The van der Waals surface area contributed by atoms with Crippen LogP contribution < -0.4 is 10.6 Å². The van der Waals surface area contributed by atoms with Crippen molar-refractivity contribution < 1.29 is 29.0 Å². The number of rotatable bonds is 10. The Morgan fingerprint density at radius 3 is 2.08 bits per heavy atom. The highest BCUT2D eigenvalue weighted by Gasteiger charge is 2.31. The van der Waals surface area contributed by atoms with Gasteiger partial charge in [0.15, 0.2) is 0 Å². The number of esters is 1. The van der Waals surface area contributed by atoms with Gasteiger partial charge in [0.1, 0.15) is 12.1 Å². The van der Waals surface area contributed by atoms with E-state index in [9.17, 15) is 24.3 Å². The Balaban J connectivity index is 4.99. The molecule has 8 heteroatoms. The summed E-state index contributed by atoms with van der Waals surface area (Å²) in [4.78, 5) is 46.5. The maximum atomic E-state index is 12.3. The topological polar surface area (TPSA) is 122 Å². The molecule has 2 amide bonds. The van der Waals surface area contributed by atoms with Gasteiger partial charge >= 0.3 is 11.9 Å². The predicted molar refractivity (Wildman–Crippen MR) is 87.0 cm³/mol.